The number of nitrogens with zero attached hydrogens (tertiary/aromatic N) is 5. The molecule has 0 spiro atoms. The summed E-state index contributed by atoms with van der Waals surface area (Å²) in [5.41, 5.74) is -0.726. The Morgan fingerprint density at radius 3 is 2.83 bits per heavy atom. The number of aryl methyl sites for hydroxylation is 1. The van der Waals surface area contributed by atoms with Crippen LogP contribution in [0, 0.1) is 18.6 Å². The van der Waals surface area contributed by atoms with Gasteiger partial charge in [0.2, 0.25) is 0 Å². The van der Waals surface area contributed by atoms with Crippen LogP contribution < -0.4 is 0 Å². The summed E-state index contributed by atoms with van der Waals surface area (Å²) in [4.78, 5) is 10.6. The number of halogens is 2. The van der Waals surface area contributed by atoms with Crippen LogP contribution in [-0.4, -0.2) is 34.5 Å². The summed E-state index contributed by atoms with van der Waals surface area (Å²) in [6, 6.07) is 3.22. The standard InChI is InChI=1S/C19H19F2N5OS2/c1-12-6-25-7-15(24-18(25)29-12)8-28-13(2)19(27,9-26-11-22-10-23-26)16-4-3-14(20)5-17(16)21/h3-7,10-11,13,27H,8-9H2,1-2H3/t13-,19-/m1/s1. The second-order valence-corrected chi connectivity index (χ2v) is 9.40. The maximum Gasteiger partial charge on any atom is 0.194 e. The number of hydrogen-bond donors (Lipinski definition) is 1. The number of aromatic nitrogens is 5. The van der Waals surface area contributed by atoms with Gasteiger partial charge < -0.3 is 5.11 Å². The van der Waals surface area contributed by atoms with Crippen LogP contribution in [0.15, 0.2) is 43.2 Å². The normalized spacial score (nSPS) is 14.9. The van der Waals surface area contributed by atoms with Gasteiger partial charge in [-0.1, -0.05) is 13.0 Å². The molecule has 152 valence electrons. The van der Waals surface area contributed by atoms with Crippen molar-refractivity contribution in [2.45, 2.75) is 37.0 Å². The van der Waals surface area contributed by atoms with Crippen LogP contribution in [0.4, 0.5) is 8.78 Å². The molecule has 3 aromatic heterocycles. The van der Waals surface area contributed by atoms with Gasteiger partial charge >= 0.3 is 0 Å². The molecule has 4 aromatic rings. The van der Waals surface area contributed by atoms with Gasteiger partial charge in [-0.05, 0) is 13.0 Å². The zero-order chi connectivity index (χ0) is 20.6. The predicted molar refractivity (Wildman–Crippen MR) is 109 cm³/mol. The summed E-state index contributed by atoms with van der Waals surface area (Å²) in [5.74, 6) is -0.946. The molecule has 0 aliphatic heterocycles. The highest BCUT2D eigenvalue weighted by Crippen LogP contribution is 2.37. The number of fused-ring (bicyclic) bond motifs is 1. The molecule has 1 aromatic carbocycles. The number of hydrogen-bond acceptors (Lipinski definition) is 6. The number of thiazole rings is 1. The molecule has 0 bridgehead atoms. The monoisotopic (exact) mass is 435 g/mol. The maximum atomic E-state index is 14.6. The zero-order valence-corrected chi connectivity index (χ0v) is 17.4. The van der Waals surface area contributed by atoms with Crippen molar-refractivity contribution in [3.8, 4) is 0 Å². The smallest absolute Gasteiger partial charge is 0.194 e. The second kappa shape index (κ2) is 7.85. The van der Waals surface area contributed by atoms with E-state index in [4.69, 9.17) is 0 Å². The molecule has 10 heteroatoms. The highest BCUT2D eigenvalue weighted by molar-refractivity contribution is 7.99. The number of rotatable bonds is 7. The molecule has 4 rings (SSSR count). The quantitative estimate of drug-likeness (QED) is 0.478. The van der Waals surface area contributed by atoms with Crippen molar-refractivity contribution < 1.29 is 13.9 Å². The van der Waals surface area contributed by atoms with Gasteiger partial charge in [0, 0.05) is 39.9 Å². The van der Waals surface area contributed by atoms with Crippen LogP contribution >= 0.6 is 23.1 Å². The summed E-state index contributed by atoms with van der Waals surface area (Å²) >= 11 is 3.05. The van der Waals surface area contributed by atoms with E-state index in [2.05, 4.69) is 15.1 Å². The third-order valence-electron chi connectivity index (χ3n) is 4.74. The van der Waals surface area contributed by atoms with Crippen molar-refractivity contribution in [3.05, 3.63) is 71.0 Å². The van der Waals surface area contributed by atoms with E-state index in [9.17, 15) is 13.9 Å². The molecule has 0 unspecified atom stereocenters. The lowest BCUT2D eigenvalue weighted by Gasteiger charge is -2.34. The minimum Gasteiger partial charge on any atom is -0.382 e. The van der Waals surface area contributed by atoms with Crippen LogP contribution in [0.1, 0.15) is 23.1 Å². The lowest BCUT2D eigenvalue weighted by molar-refractivity contribution is 0.0133. The average Bonchev–Trinajstić information content (AvgIpc) is 3.36. The molecule has 3 heterocycles. The minimum atomic E-state index is -1.62. The van der Waals surface area contributed by atoms with Crippen LogP contribution in [0.3, 0.4) is 0 Å². The summed E-state index contributed by atoms with van der Waals surface area (Å²) in [5, 5.41) is 15.1. The van der Waals surface area contributed by atoms with Gasteiger partial charge in [0.25, 0.3) is 0 Å². The Kier molecular flexibility index (Phi) is 5.41. The average molecular weight is 436 g/mol. The number of aliphatic hydroxyl groups is 1. The third kappa shape index (κ3) is 4.05. The molecule has 0 saturated carbocycles. The fourth-order valence-electron chi connectivity index (χ4n) is 3.21. The molecule has 29 heavy (non-hydrogen) atoms. The van der Waals surface area contributed by atoms with E-state index in [0.717, 1.165) is 22.8 Å². The summed E-state index contributed by atoms with van der Waals surface area (Å²) in [6.07, 6.45) is 6.77. The highest BCUT2D eigenvalue weighted by Gasteiger charge is 2.39. The fourth-order valence-corrected chi connectivity index (χ4v) is 5.08. The molecule has 0 fully saturated rings. The molecule has 0 radical (unpaired) electrons. The summed E-state index contributed by atoms with van der Waals surface area (Å²) in [7, 11) is 0. The minimum absolute atomic E-state index is 0.0127. The Labute approximate surface area is 174 Å². The number of thioether (sulfide) groups is 1. The van der Waals surface area contributed by atoms with Gasteiger partial charge in [0.05, 0.1) is 12.2 Å². The molecular weight excluding hydrogens is 416 g/mol. The Morgan fingerprint density at radius 2 is 2.14 bits per heavy atom. The van der Waals surface area contributed by atoms with Gasteiger partial charge in [-0.15, -0.1) is 23.1 Å². The Bertz CT molecular complexity index is 1100. The van der Waals surface area contributed by atoms with Gasteiger partial charge in [-0.2, -0.15) is 5.10 Å². The Balaban J connectivity index is 1.59. The van der Waals surface area contributed by atoms with Crippen LogP contribution in [0.25, 0.3) is 4.96 Å². The first-order valence-electron chi connectivity index (χ1n) is 8.91. The largest absolute Gasteiger partial charge is 0.382 e. The lowest BCUT2D eigenvalue weighted by Crippen LogP contribution is -2.41. The zero-order valence-electron chi connectivity index (χ0n) is 15.8. The maximum absolute atomic E-state index is 14.6. The van der Waals surface area contributed by atoms with E-state index < -0.39 is 22.5 Å². The van der Waals surface area contributed by atoms with Gasteiger partial charge in [0.1, 0.15) is 29.9 Å². The molecule has 0 aliphatic rings. The number of imidazole rings is 1. The Morgan fingerprint density at radius 1 is 1.31 bits per heavy atom. The Hall–Kier alpha value is -2.30. The molecule has 0 amide bonds. The second-order valence-electron chi connectivity index (χ2n) is 6.86. The topological polar surface area (TPSA) is 68.2 Å². The van der Waals surface area contributed by atoms with Crippen molar-refractivity contribution in [2.75, 3.05) is 0 Å². The van der Waals surface area contributed by atoms with E-state index in [-0.39, 0.29) is 12.1 Å². The highest BCUT2D eigenvalue weighted by atomic mass is 32.2. The van der Waals surface area contributed by atoms with Crippen LogP contribution in [-0.2, 0) is 17.9 Å². The van der Waals surface area contributed by atoms with Crippen molar-refractivity contribution in [1.82, 2.24) is 24.1 Å². The molecule has 6 nitrogen and oxygen atoms in total. The van der Waals surface area contributed by atoms with Gasteiger partial charge in [0.15, 0.2) is 4.96 Å². The van der Waals surface area contributed by atoms with Crippen molar-refractivity contribution >= 4 is 28.1 Å². The SMILES string of the molecule is Cc1cn2cc(CS[C@H](C)[C@](O)(Cn3cncn3)c3ccc(F)cc3F)nc2s1. The van der Waals surface area contributed by atoms with E-state index in [0.29, 0.717) is 5.75 Å². The van der Waals surface area contributed by atoms with Crippen molar-refractivity contribution in [3.63, 3.8) is 0 Å². The van der Waals surface area contributed by atoms with Crippen molar-refractivity contribution in [2.24, 2.45) is 0 Å². The van der Waals surface area contributed by atoms with Crippen LogP contribution in [0.5, 0.6) is 0 Å². The van der Waals surface area contributed by atoms with Gasteiger partial charge in [-0.3, -0.25) is 4.40 Å². The first kappa shape index (κ1) is 20.0. The van der Waals surface area contributed by atoms with Crippen LogP contribution in [0.2, 0.25) is 0 Å². The number of benzene rings is 1. The van der Waals surface area contributed by atoms with E-state index in [1.807, 2.05) is 30.6 Å². The third-order valence-corrected chi connectivity index (χ3v) is 7.01. The van der Waals surface area contributed by atoms with E-state index in [1.54, 1.807) is 11.3 Å². The fraction of sp³-hybridized carbons (Fsp3) is 0.316. The summed E-state index contributed by atoms with van der Waals surface area (Å²) < 4.78 is 31.4. The lowest BCUT2D eigenvalue weighted by atomic mass is 9.90. The predicted octanol–water partition coefficient (Wildman–Crippen LogP) is 3.78. The summed E-state index contributed by atoms with van der Waals surface area (Å²) in [6.45, 7) is 3.82. The first-order valence-corrected chi connectivity index (χ1v) is 10.8. The van der Waals surface area contributed by atoms with Gasteiger partial charge in [-0.25, -0.2) is 23.4 Å². The van der Waals surface area contributed by atoms with E-state index in [1.165, 1.54) is 40.0 Å². The van der Waals surface area contributed by atoms with E-state index >= 15 is 0 Å². The first-order chi connectivity index (χ1) is 13.8. The molecule has 0 aliphatic carbocycles. The molecule has 2 atom stereocenters. The molecule has 1 N–H and O–H groups in total. The van der Waals surface area contributed by atoms with Crippen molar-refractivity contribution in [1.29, 1.82) is 0 Å². The molecule has 0 saturated heterocycles. The molecular formula is C19H19F2N5OS2.